The molecule has 162 valence electrons. The van der Waals surface area contributed by atoms with Crippen molar-refractivity contribution in [1.29, 1.82) is 0 Å². The van der Waals surface area contributed by atoms with Gasteiger partial charge in [-0.05, 0) is 69.8 Å². The van der Waals surface area contributed by atoms with Crippen molar-refractivity contribution in [2.75, 3.05) is 37.6 Å². The topological polar surface area (TPSA) is 68.7 Å². The van der Waals surface area contributed by atoms with Crippen LogP contribution in [0.5, 0.6) is 5.75 Å². The number of carbonyl (C=O) groups is 1. The summed E-state index contributed by atoms with van der Waals surface area (Å²) in [7, 11) is 0. The van der Waals surface area contributed by atoms with Crippen molar-refractivity contribution in [3.63, 3.8) is 0 Å². The average molecular weight is 411 g/mol. The van der Waals surface area contributed by atoms with E-state index in [9.17, 15) is 9.90 Å². The van der Waals surface area contributed by atoms with Crippen molar-refractivity contribution >= 4 is 22.6 Å². The first kappa shape index (κ1) is 20.9. The van der Waals surface area contributed by atoms with Gasteiger partial charge in [0.2, 0.25) is 5.91 Å². The fourth-order valence-corrected chi connectivity index (χ4v) is 4.66. The molecule has 0 radical (unpaired) electrons. The zero-order valence-electron chi connectivity index (χ0n) is 18.2. The molecule has 1 unspecified atom stereocenters. The van der Waals surface area contributed by atoms with E-state index in [1.807, 2.05) is 24.3 Å². The maximum absolute atomic E-state index is 12.7. The van der Waals surface area contributed by atoms with Gasteiger partial charge in [-0.15, -0.1) is 0 Å². The van der Waals surface area contributed by atoms with Gasteiger partial charge < -0.3 is 15.3 Å². The third-order valence-electron chi connectivity index (χ3n) is 6.89. The molecule has 2 N–H and O–H groups in total. The Labute approximate surface area is 179 Å². The highest BCUT2D eigenvalue weighted by Crippen LogP contribution is 2.28. The molecule has 2 saturated heterocycles. The molecule has 0 spiro atoms. The number of piperidine rings is 2. The Morgan fingerprint density at radius 3 is 2.60 bits per heavy atom. The molecule has 2 aliphatic heterocycles. The maximum atomic E-state index is 12.7. The molecular formula is C24H34N4O2. The third kappa shape index (κ3) is 4.69. The maximum Gasteiger partial charge on any atom is 0.223 e. The minimum Gasteiger partial charge on any atom is -0.506 e. The van der Waals surface area contributed by atoms with Crippen LogP contribution in [0.4, 0.5) is 5.82 Å². The van der Waals surface area contributed by atoms with E-state index in [0.717, 1.165) is 62.7 Å². The molecular weight excluding hydrogens is 376 g/mol. The zero-order chi connectivity index (χ0) is 21.1. The number of aromatic hydroxyl groups is 1. The second kappa shape index (κ2) is 9.21. The molecule has 2 aromatic rings. The van der Waals surface area contributed by atoms with Crippen LogP contribution in [0.1, 0.15) is 39.5 Å². The summed E-state index contributed by atoms with van der Waals surface area (Å²) >= 11 is 0. The molecule has 0 bridgehead atoms. The van der Waals surface area contributed by atoms with E-state index < -0.39 is 0 Å². The third-order valence-corrected chi connectivity index (χ3v) is 6.89. The van der Waals surface area contributed by atoms with Crippen LogP contribution in [0.15, 0.2) is 30.3 Å². The number of amides is 1. The smallest absolute Gasteiger partial charge is 0.223 e. The Morgan fingerprint density at radius 1 is 1.13 bits per heavy atom. The molecule has 2 aliphatic rings. The highest BCUT2D eigenvalue weighted by Gasteiger charge is 2.27. The summed E-state index contributed by atoms with van der Waals surface area (Å²) in [6.07, 6.45) is 4.19. The lowest BCUT2D eigenvalue weighted by molar-refractivity contribution is -0.125. The van der Waals surface area contributed by atoms with Gasteiger partial charge in [0.25, 0.3) is 0 Å². The molecule has 4 rings (SSSR count). The summed E-state index contributed by atoms with van der Waals surface area (Å²) < 4.78 is 0. The number of para-hydroxylation sites is 1. The molecule has 6 heteroatoms. The van der Waals surface area contributed by atoms with Crippen molar-refractivity contribution in [1.82, 2.24) is 15.2 Å². The van der Waals surface area contributed by atoms with E-state index in [4.69, 9.17) is 0 Å². The number of pyridine rings is 1. The number of likely N-dealkylation sites (tertiary alicyclic amines) is 1. The first-order valence-corrected chi connectivity index (χ1v) is 11.4. The Bertz CT molecular complexity index is 871. The van der Waals surface area contributed by atoms with Crippen molar-refractivity contribution in [3.05, 3.63) is 30.3 Å². The standard InChI is InChI=1S/C24H34N4O2/c1-17-8-12-27(13-9-17)18(2)16-25-24(30)20-10-14-28(15-11-20)22-7-6-19-4-3-5-21(29)23(19)26-22/h3-7,17-18,20,29H,8-16H2,1-2H3,(H,25,30). The van der Waals surface area contributed by atoms with Gasteiger partial charge in [-0.3, -0.25) is 9.69 Å². The molecule has 2 fully saturated rings. The SMILES string of the molecule is CC1CCN(C(C)CNC(=O)C2CCN(c3ccc4cccc(O)c4n3)CC2)CC1. The van der Waals surface area contributed by atoms with E-state index in [1.54, 1.807) is 6.07 Å². The second-order valence-corrected chi connectivity index (χ2v) is 9.09. The Morgan fingerprint density at radius 2 is 1.87 bits per heavy atom. The van der Waals surface area contributed by atoms with E-state index in [1.165, 1.54) is 12.8 Å². The predicted molar refractivity (Wildman–Crippen MR) is 121 cm³/mol. The monoisotopic (exact) mass is 410 g/mol. The van der Waals surface area contributed by atoms with Crippen molar-refractivity contribution < 1.29 is 9.90 Å². The van der Waals surface area contributed by atoms with Gasteiger partial charge in [0.15, 0.2) is 0 Å². The molecule has 1 aromatic carbocycles. The number of phenols is 1. The highest BCUT2D eigenvalue weighted by atomic mass is 16.3. The van der Waals surface area contributed by atoms with E-state index in [0.29, 0.717) is 11.6 Å². The lowest BCUT2D eigenvalue weighted by Gasteiger charge is -2.36. The Kier molecular flexibility index (Phi) is 6.42. The van der Waals surface area contributed by atoms with Crippen LogP contribution in [-0.4, -0.2) is 59.7 Å². The number of fused-ring (bicyclic) bond motifs is 1. The van der Waals surface area contributed by atoms with Gasteiger partial charge in [-0.25, -0.2) is 4.98 Å². The number of nitrogens with zero attached hydrogens (tertiary/aromatic N) is 3. The summed E-state index contributed by atoms with van der Waals surface area (Å²) in [5.41, 5.74) is 0.635. The van der Waals surface area contributed by atoms with Crippen LogP contribution >= 0.6 is 0 Å². The first-order valence-electron chi connectivity index (χ1n) is 11.4. The normalized spacial score (nSPS) is 20.4. The molecule has 0 saturated carbocycles. The van der Waals surface area contributed by atoms with Gasteiger partial charge in [-0.2, -0.15) is 0 Å². The summed E-state index contributed by atoms with van der Waals surface area (Å²) in [5.74, 6) is 2.17. The quantitative estimate of drug-likeness (QED) is 0.791. The summed E-state index contributed by atoms with van der Waals surface area (Å²) in [6.45, 7) is 9.19. The van der Waals surface area contributed by atoms with Crippen LogP contribution in [0.25, 0.3) is 10.9 Å². The number of phenolic OH excluding ortho intramolecular Hbond substituents is 1. The zero-order valence-corrected chi connectivity index (χ0v) is 18.2. The molecule has 3 heterocycles. The predicted octanol–water partition coefficient (Wildman–Crippen LogP) is 3.39. The molecule has 1 aromatic heterocycles. The molecule has 30 heavy (non-hydrogen) atoms. The number of hydrogen-bond donors (Lipinski definition) is 2. The molecule has 1 atom stereocenters. The van der Waals surface area contributed by atoms with Gasteiger partial charge in [0.1, 0.15) is 17.1 Å². The Balaban J connectivity index is 1.27. The number of nitrogens with one attached hydrogen (secondary N) is 1. The van der Waals surface area contributed by atoms with Gasteiger partial charge in [0.05, 0.1) is 0 Å². The van der Waals surface area contributed by atoms with E-state index in [-0.39, 0.29) is 17.6 Å². The lowest BCUT2D eigenvalue weighted by atomic mass is 9.95. The van der Waals surface area contributed by atoms with E-state index in [2.05, 4.69) is 33.9 Å². The molecule has 6 nitrogen and oxygen atoms in total. The second-order valence-electron chi connectivity index (χ2n) is 9.09. The number of aromatic nitrogens is 1. The number of anilines is 1. The molecule has 0 aliphatic carbocycles. The lowest BCUT2D eigenvalue weighted by Crippen LogP contribution is -2.47. The van der Waals surface area contributed by atoms with Gasteiger partial charge in [0, 0.05) is 37.0 Å². The highest BCUT2D eigenvalue weighted by molar-refractivity contribution is 5.85. The number of benzene rings is 1. The fourth-order valence-electron chi connectivity index (χ4n) is 4.66. The summed E-state index contributed by atoms with van der Waals surface area (Å²) in [6, 6.07) is 9.85. The first-order chi connectivity index (χ1) is 14.5. The minimum absolute atomic E-state index is 0.0729. The minimum atomic E-state index is 0.0729. The number of rotatable bonds is 5. The number of carbonyl (C=O) groups excluding carboxylic acids is 1. The van der Waals surface area contributed by atoms with Crippen LogP contribution in [0, 0.1) is 11.8 Å². The number of hydrogen-bond acceptors (Lipinski definition) is 5. The van der Waals surface area contributed by atoms with Crippen molar-refractivity contribution in [3.8, 4) is 5.75 Å². The van der Waals surface area contributed by atoms with Crippen LogP contribution in [0.2, 0.25) is 0 Å². The van der Waals surface area contributed by atoms with Crippen LogP contribution in [0.3, 0.4) is 0 Å². The van der Waals surface area contributed by atoms with Gasteiger partial charge >= 0.3 is 0 Å². The Hall–Kier alpha value is -2.34. The van der Waals surface area contributed by atoms with E-state index >= 15 is 0 Å². The summed E-state index contributed by atoms with van der Waals surface area (Å²) in [5, 5.41) is 14.2. The van der Waals surface area contributed by atoms with Crippen molar-refractivity contribution in [2.45, 2.75) is 45.6 Å². The fraction of sp³-hybridized carbons (Fsp3) is 0.583. The van der Waals surface area contributed by atoms with Gasteiger partial charge in [-0.1, -0.05) is 19.1 Å². The molecule has 1 amide bonds. The van der Waals surface area contributed by atoms with Crippen LogP contribution in [-0.2, 0) is 4.79 Å². The van der Waals surface area contributed by atoms with Crippen molar-refractivity contribution in [2.24, 2.45) is 11.8 Å². The van der Waals surface area contributed by atoms with Crippen LogP contribution < -0.4 is 10.2 Å². The largest absolute Gasteiger partial charge is 0.506 e. The summed E-state index contributed by atoms with van der Waals surface area (Å²) in [4.78, 5) is 22.1. The average Bonchev–Trinajstić information content (AvgIpc) is 2.78.